The maximum atomic E-state index is 11.3. The molecule has 0 fully saturated rings. The highest BCUT2D eigenvalue weighted by atomic mass is 28.4. The van der Waals surface area contributed by atoms with E-state index >= 15 is 0 Å². The van der Waals surface area contributed by atoms with E-state index in [1.54, 1.807) is 0 Å². The lowest BCUT2D eigenvalue weighted by Crippen LogP contribution is -2.41. The number of carbonyl (C=O) groups excluding carboxylic acids is 1. The van der Waals surface area contributed by atoms with Crippen LogP contribution >= 0.6 is 0 Å². The highest BCUT2D eigenvalue weighted by molar-refractivity contribution is 6.72. The zero-order chi connectivity index (χ0) is 22.7. The van der Waals surface area contributed by atoms with Crippen molar-refractivity contribution in [2.75, 3.05) is 6.54 Å². The van der Waals surface area contributed by atoms with Gasteiger partial charge in [0.25, 0.3) is 0 Å². The van der Waals surface area contributed by atoms with Crippen LogP contribution in [0.25, 0.3) is 11.3 Å². The molecule has 2 rings (SSSR count). The van der Waals surface area contributed by atoms with Crippen molar-refractivity contribution in [1.82, 2.24) is 14.9 Å². The Bertz CT molecular complexity index is 859. The van der Waals surface area contributed by atoms with Gasteiger partial charge in [-0.05, 0) is 36.5 Å². The van der Waals surface area contributed by atoms with E-state index in [-0.39, 0.29) is 22.8 Å². The second kappa shape index (κ2) is 9.49. The summed E-state index contributed by atoms with van der Waals surface area (Å²) in [4.78, 5) is 26.8. The van der Waals surface area contributed by atoms with Crippen molar-refractivity contribution in [2.45, 2.75) is 63.7 Å². The number of nitrogens with two attached hydrogens (primary N) is 1. The topological polar surface area (TPSA) is 93.2 Å². The summed E-state index contributed by atoms with van der Waals surface area (Å²) in [6.07, 6.45) is 3.67. The molecule has 1 aromatic heterocycles. The van der Waals surface area contributed by atoms with E-state index in [4.69, 9.17) is 10.7 Å². The van der Waals surface area contributed by atoms with Gasteiger partial charge in [0.05, 0.1) is 5.69 Å². The van der Waals surface area contributed by atoms with Crippen molar-refractivity contribution >= 4 is 22.0 Å². The van der Waals surface area contributed by atoms with E-state index in [0.717, 1.165) is 29.1 Å². The van der Waals surface area contributed by atoms with Crippen LogP contribution in [0.5, 0.6) is 0 Å². The summed E-state index contributed by atoms with van der Waals surface area (Å²) < 4.78 is 2.09. The van der Waals surface area contributed by atoms with Crippen LogP contribution in [-0.4, -0.2) is 48.9 Å². The van der Waals surface area contributed by atoms with Gasteiger partial charge in [0.1, 0.15) is 5.82 Å². The van der Waals surface area contributed by atoms with Crippen molar-refractivity contribution in [3.63, 3.8) is 0 Å². The zero-order valence-electron chi connectivity index (χ0n) is 19.5. The van der Waals surface area contributed by atoms with E-state index in [0.29, 0.717) is 13.0 Å². The molecule has 0 bridgehead atoms. The van der Waals surface area contributed by atoms with Crippen LogP contribution < -0.4 is 11.1 Å². The summed E-state index contributed by atoms with van der Waals surface area (Å²) in [5, 5.41) is 2.79. The molecule has 0 aliphatic carbocycles. The lowest BCUT2D eigenvalue weighted by Gasteiger charge is -2.36. The Morgan fingerprint density at radius 3 is 2.43 bits per heavy atom. The molecule has 1 heterocycles. The average Bonchev–Trinajstić information content (AvgIpc) is 3.02. The monoisotopic (exact) mass is 428 g/mol. The minimum Gasteiger partial charge on any atom is -0.432 e. The molecule has 8 heteroatoms. The van der Waals surface area contributed by atoms with Crippen molar-refractivity contribution < 1.29 is 9.59 Å². The van der Waals surface area contributed by atoms with Gasteiger partial charge in [-0.25, -0.2) is 4.98 Å². The van der Waals surface area contributed by atoms with Crippen LogP contribution in [0.4, 0.5) is 4.79 Å². The number of nitrogens with one attached hydrogen (secondary N) is 1. The normalized spacial score (nSPS) is 14.4. The molecular formula is C22H37BN4O2Si. The van der Waals surface area contributed by atoms with Gasteiger partial charge in [0.15, 0.2) is 14.1 Å². The van der Waals surface area contributed by atoms with E-state index in [1.807, 2.05) is 20.1 Å². The number of hydrogen-bond acceptors (Lipinski definition) is 4. The Morgan fingerprint density at radius 2 is 1.93 bits per heavy atom. The van der Waals surface area contributed by atoms with Gasteiger partial charge < -0.3 is 20.4 Å². The summed E-state index contributed by atoms with van der Waals surface area (Å²) in [6, 6.07) is 8.22. The molecule has 1 amide bonds. The molecule has 2 atom stereocenters. The maximum absolute atomic E-state index is 11.3. The zero-order valence-corrected chi connectivity index (χ0v) is 20.5. The van der Waals surface area contributed by atoms with Gasteiger partial charge in [0, 0.05) is 37.3 Å². The molecule has 164 valence electrons. The maximum Gasteiger partial charge on any atom is 0.215 e. The minimum absolute atomic E-state index is 0.0571. The Morgan fingerprint density at radius 1 is 1.33 bits per heavy atom. The first-order chi connectivity index (χ1) is 13.8. The van der Waals surface area contributed by atoms with Crippen LogP contribution in [0.2, 0.25) is 18.1 Å². The van der Waals surface area contributed by atoms with Crippen molar-refractivity contribution in [1.29, 1.82) is 0 Å². The lowest BCUT2D eigenvalue weighted by molar-refractivity contribution is 0.256. The summed E-state index contributed by atoms with van der Waals surface area (Å²) in [5.41, 5.74) is 8.90. The summed E-state index contributed by atoms with van der Waals surface area (Å²) >= 11 is 0. The SMILES string of the molecule is BC(=O)NC(CN)Cc1ccc(-c2cn(C)c(C(C)CC(C)(C)[Si](C)(C)O)n2)cc1. The second-order valence-electron chi connectivity index (χ2n) is 9.68. The Labute approximate surface area is 182 Å². The predicted octanol–water partition coefficient (Wildman–Crippen LogP) is 2.77. The Kier molecular flexibility index (Phi) is 7.71. The molecular weight excluding hydrogens is 391 g/mol. The highest BCUT2D eigenvalue weighted by Crippen LogP contribution is 2.43. The third-order valence-electron chi connectivity index (χ3n) is 6.25. The number of carbonyl (C=O) groups is 1. The molecule has 0 radical (unpaired) electrons. The van der Waals surface area contributed by atoms with E-state index < -0.39 is 8.32 Å². The molecule has 2 unspecified atom stereocenters. The van der Waals surface area contributed by atoms with Crippen LogP contribution in [0, 0.1) is 0 Å². The smallest absolute Gasteiger partial charge is 0.215 e. The van der Waals surface area contributed by atoms with E-state index in [2.05, 4.69) is 61.1 Å². The molecule has 0 aliphatic rings. The van der Waals surface area contributed by atoms with Gasteiger partial charge in [-0.3, -0.25) is 4.79 Å². The van der Waals surface area contributed by atoms with Gasteiger partial charge in [-0.1, -0.05) is 45.0 Å². The van der Waals surface area contributed by atoms with Gasteiger partial charge in [-0.2, -0.15) is 0 Å². The number of benzene rings is 1. The first-order valence-corrected chi connectivity index (χ1v) is 13.6. The Balaban J connectivity index is 2.15. The molecule has 2 aromatic rings. The first kappa shape index (κ1) is 24.4. The van der Waals surface area contributed by atoms with E-state index in [1.165, 1.54) is 7.85 Å². The molecule has 6 nitrogen and oxygen atoms in total. The number of rotatable bonds is 9. The van der Waals surface area contributed by atoms with Crippen LogP contribution in [0.3, 0.4) is 0 Å². The molecule has 0 saturated heterocycles. The second-order valence-corrected chi connectivity index (χ2v) is 14.1. The fraction of sp³-hybridized carbons (Fsp3) is 0.545. The minimum atomic E-state index is -2.26. The molecule has 30 heavy (non-hydrogen) atoms. The van der Waals surface area contributed by atoms with Gasteiger partial charge in [-0.15, -0.1) is 0 Å². The summed E-state index contributed by atoms with van der Waals surface area (Å²) in [7, 11) is 1.28. The molecule has 4 N–H and O–H groups in total. The largest absolute Gasteiger partial charge is 0.432 e. The van der Waals surface area contributed by atoms with Crippen molar-refractivity contribution in [3.05, 3.63) is 41.9 Å². The lowest BCUT2D eigenvalue weighted by atomic mass is 9.97. The molecule has 1 aromatic carbocycles. The highest BCUT2D eigenvalue weighted by Gasteiger charge is 2.39. The molecule has 0 aliphatic heterocycles. The van der Waals surface area contributed by atoms with Crippen LogP contribution in [-0.2, 0) is 13.5 Å². The third kappa shape index (κ3) is 6.06. The molecule has 0 spiro atoms. The number of aryl methyl sites for hydroxylation is 1. The number of nitrogens with zero attached hydrogens (tertiary/aromatic N) is 2. The fourth-order valence-corrected chi connectivity index (χ4v) is 4.57. The quantitative estimate of drug-likeness (QED) is 0.536. The predicted molar refractivity (Wildman–Crippen MR) is 129 cm³/mol. The first-order valence-electron chi connectivity index (χ1n) is 10.7. The molecule has 0 saturated carbocycles. The number of aromatic nitrogens is 2. The van der Waals surface area contributed by atoms with Crippen LogP contribution in [0.15, 0.2) is 30.5 Å². The summed E-state index contributed by atoms with van der Waals surface area (Å²) in [6.45, 7) is 10.9. The van der Waals surface area contributed by atoms with Gasteiger partial charge >= 0.3 is 0 Å². The van der Waals surface area contributed by atoms with Crippen molar-refractivity contribution in [3.8, 4) is 11.3 Å². The standard InChI is InChI=1S/C22H37BN4O2Si/c1-15(12-22(2,3)30(5,6)29)20-26-19(14-27(20)4)17-9-7-16(8-10-17)11-18(13-24)25-21(23)28/h7-10,14-15,18,29H,11-13,23-24H2,1-6H3,(H,25,28). The third-order valence-corrected chi connectivity index (χ3v) is 9.77. The van der Waals surface area contributed by atoms with Gasteiger partial charge in [0.2, 0.25) is 7.85 Å². The average molecular weight is 428 g/mol. The Hall–Kier alpha value is -1.90. The van der Waals surface area contributed by atoms with Crippen LogP contribution in [0.1, 0.15) is 44.5 Å². The number of hydrogen-bond donors (Lipinski definition) is 3. The summed E-state index contributed by atoms with van der Waals surface area (Å²) in [5.74, 6) is 1.22. The number of amides is 1. The van der Waals surface area contributed by atoms with E-state index in [9.17, 15) is 9.59 Å². The fourth-order valence-electron chi connectivity index (χ4n) is 3.76. The number of imidazole rings is 1. The van der Waals surface area contributed by atoms with Crippen molar-refractivity contribution in [2.24, 2.45) is 12.8 Å².